The van der Waals surface area contributed by atoms with Gasteiger partial charge in [-0.25, -0.2) is 0 Å². The summed E-state index contributed by atoms with van der Waals surface area (Å²) in [5.74, 6) is 0.310. The Balaban J connectivity index is 1.84. The van der Waals surface area contributed by atoms with E-state index in [9.17, 15) is 4.79 Å². The molecule has 0 unspecified atom stereocenters. The number of esters is 1. The molecule has 0 amide bonds. The highest BCUT2D eigenvalue weighted by Gasteiger charge is 2.30. The van der Waals surface area contributed by atoms with Crippen LogP contribution in [0.25, 0.3) is 10.8 Å². The Kier molecular flexibility index (Phi) is 5.32. The molecule has 0 aromatic heterocycles. The average molecular weight is 310 g/mol. The lowest BCUT2D eigenvalue weighted by atomic mass is 9.80. The van der Waals surface area contributed by atoms with Crippen LogP contribution in [0.5, 0.6) is 0 Å². The molecule has 2 aromatic carbocycles. The molecule has 0 N–H and O–H groups in total. The van der Waals surface area contributed by atoms with Gasteiger partial charge < -0.3 is 4.74 Å². The van der Waals surface area contributed by atoms with Crippen molar-refractivity contribution < 1.29 is 9.53 Å². The van der Waals surface area contributed by atoms with Gasteiger partial charge in [-0.3, -0.25) is 4.79 Å². The first-order chi connectivity index (χ1) is 11.3. The summed E-state index contributed by atoms with van der Waals surface area (Å²) in [6.07, 6.45) is 7.03. The Hall–Kier alpha value is -1.83. The van der Waals surface area contributed by atoms with Crippen LogP contribution in [-0.4, -0.2) is 12.1 Å². The predicted molar refractivity (Wildman–Crippen MR) is 94.6 cm³/mol. The summed E-state index contributed by atoms with van der Waals surface area (Å²) in [5.41, 5.74) is 1.34. The van der Waals surface area contributed by atoms with Gasteiger partial charge in [0.05, 0.1) is 0 Å². The first-order valence-electron chi connectivity index (χ1n) is 8.96. The Labute approximate surface area is 138 Å². The molecule has 2 atom stereocenters. The zero-order chi connectivity index (χ0) is 16.1. The lowest BCUT2D eigenvalue weighted by Crippen LogP contribution is -2.28. The summed E-state index contributed by atoms with van der Waals surface area (Å²) in [6.45, 7) is 2.10. The van der Waals surface area contributed by atoms with Crippen LogP contribution >= 0.6 is 0 Å². The molecule has 23 heavy (non-hydrogen) atoms. The molecule has 2 aromatic rings. The predicted octanol–water partition coefficient (Wildman–Crippen LogP) is 5.60. The number of carbonyl (C=O) groups excluding carboxylic acids is 1. The van der Waals surface area contributed by atoms with Crippen LogP contribution in [0, 0.1) is 0 Å². The highest BCUT2D eigenvalue weighted by atomic mass is 16.5. The molecule has 0 aliphatic heterocycles. The smallest absolute Gasteiger partial charge is 0.306 e. The first kappa shape index (κ1) is 16.0. The fourth-order valence-electron chi connectivity index (χ4n) is 3.72. The number of fused-ring (bicyclic) bond motifs is 1. The molecule has 2 heteroatoms. The number of unbranched alkanes of at least 4 members (excludes halogenated alkanes) is 1. The number of rotatable bonds is 5. The number of carbonyl (C=O) groups is 1. The monoisotopic (exact) mass is 310 g/mol. The van der Waals surface area contributed by atoms with Crippen molar-refractivity contribution in [3.63, 3.8) is 0 Å². The molecule has 122 valence electrons. The van der Waals surface area contributed by atoms with Crippen LogP contribution < -0.4 is 0 Å². The van der Waals surface area contributed by atoms with Crippen molar-refractivity contribution in [2.24, 2.45) is 0 Å². The van der Waals surface area contributed by atoms with Crippen LogP contribution in [0.2, 0.25) is 0 Å². The van der Waals surface area contributed by atoms with Crippen LogP contribution in [-0.2, 0) is 9.53 Å². The molecule has 0 saturated heterocycles. The molecule has 1 fully saturated rings. The largest absolute Gasteiger partial charge is 0.462 e. The summed E-state index contributed by atoms with van der Waals surface area (Å²) < 4.78 is 5.87. The number of benzene rings is 2. The van der Waals surface area contributed by atoms with E-state index in [2.05, 4.69) is 49.4 Å². The maximum absolute atomic E-state index is 12.1. The Morgan fingerprint density at radius 2 is 1.87 bits per heavy atom. The maximum Gasteiger partial charge on any atom is 0.306 e. The Morgan fingerprint density at radius 1 is 1.09 bits per heavy atom. The van der Waals surface area contributed by atoms with Crippen LogP contribution in [0.1, 0.15) is 63.4 Å². The normalized spacial score (nSPS) is 21.3. The molecule has 0 bridgehead atoms. The summed E-state index contributed by atoms with van der Waals surface area (Å²) >= 11 is 0. The summed E-state index contributed by atoms with van der Waals surface area (Å²) in [7, 11) is 0. The van der Waals surface area contributed by atoms with E-state index in [1.165, 1.54) is 22.8 Å². The molecule has 1 aliphatic rings. The third kappa shape index (κ3) is 3.74. The third-order valence-electron chi connectivity index (χ3n) is 4.94. The van der Waals surface area contributed by atoms with E-state index in [0.717, 1.165) is 32.1 Å². The van der Waals surface area contributed by atoms with Gasteiger partial charge >= 0.3 is 5.97 Å². The third-order valence-corrected chi connectivity index (χ3v) is 4.94. The van der Waals surface area contributed by atoms with Crippen molar-refractivity contribution in [3.8, 4) is 0 Å². The Morgan fingerprint density at radius 3 is 2.74 bits per heavy atom. The van der Waals surface area contributed by atoms with Gasteiger partial charge in [-0.05, 0) is 42.0 Å². The zero-order valence-electron chi connectivity index (χ0n) is 14.0. The van der Waals surface area contributed by atoms with E-state index in [1.54, 1.807) is 0 Å². The highest BCUT2D eigenvalue weighted by Crippen LogP contribution is 2.38. The second-order valence-corrected chi connectivity index (χ2v) is 6.59. The molecular formula is C21H26O2. The highest BCUT2D eigenvalue weighted by molar-refractivity contribution is 5.86. The lowest BCUT2D eigenvalue weighted by molar-refractivity contribution is -0.151. The fraction of sp³-hybridized carbons (Fsp3) is 0.476. The van der Waals surface area contributed by atoms with Crippen LogP contribution in [0.15, 0.2) is 42.5 Å². The minimum atomic E-state index is -0.0241. The standard InChI is InChI=1S/C21H26O2/c1-2-3-15-21(22)23-20-14-7-6-12-19(20)18-13-8-10-16-9-4-5-11-17(16)18/h4-5,8-11,13,19-20H,2-3,6-7,12,14-15H2,1H3/t19-,20-/m0/s1. The molecule has 1 saturated carbocycles. The van der Waals surface area contributed by atoms with E-state index in [-0.39, 0.29) is 12.1 Å². The second kappa shape index (κ2) is 7.63. The van der Waals surface area contributed by atoms with Gasteiger partial charge in [-0.15, -0.1) is 0 Å². The van der Waals surface area contributed by atoms with Gasteiger partial charge in [0.1, 0.15) is 6.10 Å². The average Bonchev–Trinajstić information content (AvgIpc) is 2.60. The first-order valence-corrected chi connectivity index (χ1v) is 8.96. The quantitative estimate of drug-likeness (QED) is 0.672. The van der Waals surface area contributed by atoms with Crippen molar-refractivity contribution >= 4 is 16.7 Å². The second-order valence-electron chi connectivity index (χ2n) is 6.59. The molecule has 0 spiro atoms. The minimum Gasteiger partial charge on any atom is -0.462 e. The number of hydrogen-bond acceptors (Lipinski definition) is 2. The van der Waals surface area contributed by atoms with Crippen molar-refractivity contribution in [1.82, 2.24) is 0 Å². The van der Waals surface area contributed by atoms with Gasteiger partial charge in [0.25, 0.3) is 0 Å². The Bertz CT molecular complexity index is 656. The van der Waals surface area contributed by atoms with Gasteiger partial charge in [0.15, 0.2) is 0 Å². The SMILES string of the molecule is CCCCC(=O)O[C@H]1CCCC[C@H]1c1cccc2ccccc12. The van der Waals surface area contributed by atoms with Crippen molar-refractivity contribution in [2.75, 3.05) is 0 Å². The molecule has 2 nitrogen and oxygen atoms in total. The van der Waals surface area contributed by atoms with Crippen molar-refractivity contribution in [1.29, 1.82) is 0 Å². The molecule has 0 heterocycles. The van der Waals surface area contributed by atoms with E-state index in [0.29, 0.717) is 12.3 Å². The van der Waals surface area contributed by atoms with Gasteiger partial charge in [0.2, 0.25) is 0 Å². The molecule has 3 rings (SSSR count). The van der Waals surface area contributed by atoms with E-state index in [4.69, 9.17) is 4.74 Å². The van der Waals surface area contributed by atoms with E-state index in [1.807, 2.05) is 0 Å². The van der Waals surface area contributed by atoms with Crippen molar-refractivity contribution in [3.05, 3.63) is 48.0 Å². The van der Waals surface area contributed by atoms with E-state index < -0.39 is 0 Å². The summed E-state index contributed by atoms with van der Waals surface area (Å²) in [5, 5.41) is 2.57. The number of ether oxygens (including phenoxy) is 1. The minimum absolute atomic E-state index is 0.0241. The van der Waals surface area contributed by atoms with Gasteiger partial charge in [0, 0.05) is 12.3 Å². The number of hydrogen-bond donors (Lipinski definition) is 0. The summed E-state index contributed by atoms with van der Waals surface area (Å²) in [4.78, 5) is 12.1. The van der Waals surface area contributed by atoms with Crippen molar-refractivity contribution in [2.45, 2.75) is 63.9 Å². The molecule has 1 aliphatic carbocycles. The molecule has 0 radical (unpaired) electrons. The van der Waals surface area contributed by atoms with Crippen LogP contribution in [0.4, 0.5) is 0 Å². The summed E-state index contributed by atoms with van der Waals surface area (Å²) in [6, 6.07) is 15.0. The molecular weight excluding hydrogens is 284 g/mol. The van der Waals surface area contributed by atoms with E-state index >= 15 is 0 Å². The fourth-order valence-corrected chi connectivity index (χ4v) is 3.72. The topological polar surface area (TPSA) is 26.3 Å². The van der Waals surface area contributed by atoms with Gasteiger partial charge in [-0.1, -0.05) is 62.2 Å². The van der Waals surface area contributed by atoms with Crippen LogP contribution in [0.3, 0.4) is 0 Å². The lowest BCUT2D eigenvalue weighted by Gasteiger charge is -2.32. The maximum atomic E-state index is 12.1. The van der Waals surface area contributed by atoms with Gasteiger partial charge in [-0.2, -0.15) is 0 Å². The zero-order valence-corrected chi connectivity index (χ0v) is 14.0.